The van der Waals surface area contributed by atoms with Crippen molar-refractivity contribution in [2.75, 3.05) is 19.8 Å². The summed E-state index contributed by atoms with van der Waals surface area (Å²) < 4.78 is 5.07. The Labute approximate surface area is 63.7 Å². The second-order valence-electron chi connectivity index (χ2n) is 2.46. The van der Waals surface area contributed by atoms with Gasteiger partial charge >= 0.3 is 0 Å². The average molecular weight is 145 g/mol. The van der Waals surface area contributed by atoms with E-state index in [2.05, 4.69) is 6.92 Å². The number of hydrogen-bond donors (Lipinski definition) is 1. The summed E-state index contributed by atoms with van der Waals surface area (Å²) in [6.07, 6.45) is 5.03. The number of rotatable bonds is 1. The first-order valence-corrected chi connectivity index (χ1v) is 4.19. The number of nitrogens with two attached hydrogens (primary N) is 1. The molecule has 0 radical (unpaired) electrons. The van der Waals surface area contributed by atoms with Crippen molar-refractivity contribution in [2.45, 2.75) is 32.6 Å². The van der Waals surface area contributed by atoms with Gasteiger partial charge < -0.3 is 10.5 Å². The van der Waals surface area contributed by atoms with E-state index in [9.17, 15) is 0 Å². The van der Waals surface area contributed by atoms with E-state index in [0.717, 1.165) is 26.2 Å². The van der Waals surface area contributed by atoms with E-state index in [1.165, 1.54) is 19.3 Å². The lowest BCUT2D eigenvalue weighted by Gasteiger charge is -2.08. The molecule has 0 spiro atoms. The fourth-order valence-electron chi connectivity index (χ4n) is 0.687. The molecule has 0 amide bonds. The van der Waals surface area contributed by atoms with Crippen LogP contribution in [0.25, 0.3) is 0 Å². The Bertz CT molecular complexity index is 39.7. The van der Waals surface area contributed by atoms with E-state index < -0.39 is 0 Å². The van der Waals surface area contributed by atoms with E-state index in [0.29, 0.717) is 0 Å². The van der Waals surface area contributed by atoms with E-state index in [1.807, 2.05) is 0 Å². The molecule has 2 nitrogen and oxygen atoms in total. The van der Waals surface area contributed by atoms with Gasteiger partial charge in [-0.1, -0.05) is 6.92 Å². The Morgan fingerprint density at radius 2 is 1.70 bits per heavy atom. The summed E-state index contributed by atoms with van der Waals surface area (Å²) in [7, 11) is 0. The Balaban J connectivity index is 0.000000180. The monoisotopic (exact) mass is 145 g/mol. The number of ether oxygens (including phenoxy) is 1. The SMILES string of the molecule is C1CCOCC1.CCCN. The zero-order chi connectivity index (χ0) is 7.66. The van der Waals surface area contributed by atoms with E-state index in [1.54, 1.807) is 0 Å². The van der Waals surface area contributed by atoms with Gasteiger partial charge in [-0.15, -0.1) is 0 Å². The Morgan fingerprint density at radius 1 is 1.20 bits per heavy atom. The van der Waals surface area contributed by atoms with Gasteiger partial charge in [0.05, 0.1) is 0 Å². The van der Waals surface area contributed by atoms with Gasteiger partial charge in [0.25, 0.3) is 0 Å². The molecule has 0 aromatic rings. The summed E-state index contributed by atoms with van der Waals surface area (Å²) >= 11 is 0. The maximum absolute atomic E-state index is 5.07. The van der Waals surface area contributed by atoms with Gasteiger partial charge in [-0.3, -0.25) is 0 Å². The van der Waals surface area contributed by atoms with Crippen LogP contribution in [-0.4, -0.2) is 19.8 Å². The lowest BCUT2D eigenvalue weighted by Crippen LogP contribution is -2.03. The quantitative estimate of drug-likeness (QED) is 0.607. The highest BCUT2D eigenvalue weighted by atomic mass is 16.5. The third-order valence-corrected chi connectivity index (χ3v) is 1.37. The van der Waals surface area contributed by atoms with Crippen molar-refractivity contribution in [2.24, 2.45) is 5.73 Å². The zero-order valence-electron chi connectivity index (χ0n) is 6.94. The predicted octanol–water partition coefficient (Wildman–Crippen LogP) is 1.54. The van der Waals surface area contributed by atoms with Crippen molar-refractivity contribution in [3.05, 3.63) is 0 Å². The van der Waals surface area contributed by atoms with Crippen LogP contribution < -0.4 is 5.73 Å². The molecule has 10 heavy (non-hydrogen) atoms. The summed E-state index contributed by atoms with van der Waals surface area (Å²) in [5, 5.41) is 0. The molecule has 1 heterocycles. The van der Waals surface area contributed by atoms with Crippen LogP contribution in [0.1, 0.15) is 32.6 Å². The van der Waals surface area contributed by atoms with Crippen LogP contribution >= 0.6 is 0 Å². The van der Waals surface area contributed by atoms with Crippen molar-refractivity contribution < 1.29 is 4.74 Å². The first-order valence-electron chi connectivity index (χ1n) is 4.19. The summed E-state index contributed by atoms with van der Waals surface area (Å²) in [4.78, 5) is 0. The molecule has 1 aliphatic heterocycles. The topological polar surface area (TPSA) is 35.2 Å². The second-order valence-corrected chi connectivity index (χ2v) is 2.46. The van der Waals surface area contributed by atoms with Crippen LogP contribution in [0.15, 0.2) is 0 Å². The molecule has 0 saturated carbocycles. The van der Waals surface area contributed by atoms with Crippen LogP contribution in [0.4, 0.5) is 0 Å². The standard InChI is InChI=1S/C5H10O.C3H9N/c1-2-4-6-5-3-1;1-2-3-4/h1-5H2;2-4H2,1H3. The van der Waals surface area contributed by atoms with Gasteiger partial charge in [-0.2, -0.15) is 0 Å². The first-order chi connectivity index (χ1) is 4.91. The molecular weight excluding hydrogens is 126 g/mol. The lowest BCUT2D eigenvalue weighted by molar-refractivity contribution is 0.0968. The van der Waals surface area contributed by atoms with Crippen molar-refractivity contribution in [1.82, 2.24) is 0 Å². The first kappa shape index (κ1) is 9.92. The van der Waals surface area contributed by atoms with Crippen molar-refractivity contribution >= 4 is 0 Å². The van der Waals surface area contributed by atoms with Crippen LogP contribution in [-0.2, 0) is 4.74 Å². The Morgan fingerprint density at radius 3 is 1.80 bits per heavy atom. The Hall–Kier alpha value is -0.0800. The van der Waals surface area contributed by atoms with Gasteiger partial charge in [-0.05, 0) is 32.2 Å². The highest BCUT2D eigenvalue weighted by Crippen LogP contribution is 2.02. The molecule has 62 valence electrons. The third-order valence-electron chi connectivity index (χ3n) is 1.37. The minimum absolute atomic E-state index is 0.819. The molecule has 1 saturated heterocycles. The van der Waals surface area contributed by atoms with E-state index >= 15 is 0 Å². The van der Waals surface area contributed by atoms with Gasteiger partial charge in [0.1, 0.15) is 0 Å². The maximum Gasteiger partial charge on any atom is 0.0466 e. The molecule has 0 aromatic carbocycles. The molecule has 0 unspecified atom stereocenters. The fourth-order valence-corrected chi connectivity index (χ4v) is 0.687. The van der Waals surface area contributed by atoms with Crippen molar-refractivity contribution in [3.63, 3.8) is 0 Å². The van der Waals surface area contributed by atoms with Crippen LogP contribution in [0.2, 0.25) is 0 Å². The smallest absolute Gasteiger partial charge is 0.0466 e. The minimum Gasteiger partial charge on any atom is -0.381 e. The molecular formula is C8H19NO. The van der Waals surface area contributed by atoms with Crippen LogP contribution in [0, 0.1) is 0 Å². The van der Waals surface area contributed by atoms with Gasteiger partial charge in [0.15, 0.2) is 0 Å². The normalized spacial score (nSPS) is 17.4. The molecule has 2 heteroatoms. The van der Waals surface area contributed by atoms with E-state index in [4.69, 9.17) is 10.5 Å². The summed E-state index contributed by atoms with van der Waals surface area (Å²) in [5.74, 6) is 0. The van der Waals surface area contributed by atoms with Gasteiger partial charge in [0.2, 0.25) is 0 Å². The molecule has 0 atom stereocenters. The number of hydrogen-bond acceptors (Lipinski definition) is 2. The molecule has 1 fully saturated rings. The van der Waals surface area contributed by atoms with Crippen molar-refractivity contribution in [3.8, 4) is 0 Å². The molecule has 1 rings (SSSR count). The van der Waals surface area contributed by atoms with Crippen LogP contribution in [0.3, 0.4) is 0 Å². The van der Waals surface area contributed by atoms with Gasteiger partial charge in [-0.25, -0.2) is 0 Å². The third kappa shape index (κ3) is 7.92. The summed E-state index contributed by atoms with van der Waals surface area (Å²) in [6.45, 7) is 4.88. The Kier molecular flexibility index (Phi) is 8.85. The maximum atomic E-state index is 5.07. The highest BCUT2D eigenvalue weighted by molar-refractivity contribution is 4.45. The predicted molar refractivity (Wildman–Crippen MR) is 44.0 cm³/mol. The van der Waals surface area contributed by atoms with Gasteiger partial charge in [0, 0.05) is 13.2 Å². The fraction of sp³-hybridized carbons (Fsp3) is 1.00. The van der Waals surface area contributed by atoms with Crippen molar-refractivity contribution in [1.29, 1.82) is 0 Å². The lowest BCUT2D eigenvalue weighted by atomic mass is 10.2. The minimum atomic E-state index is 0.819. The zero-order valence-corrected chi connectivity index (χ0v) is 6.94. The molecule has 2 N–H and O–H groups in total. The highest BCUT2D eigenvalue weighted by Gasteiger charge is 1.94. The molecule has 0 aliphatic carbocycles. The average Bonchev–Trinajstić information content (AvgIpc) is 2.08. The summed E-state index contributed by atoms with van der Waals surface area (Å²) in [5.41, 5.74) is 5.03. The van der Waals surface area contributed by atoms with Crippen LogP contribution in [0.5, 0.6) is 0 Å². The molecule has 0 aromatic heterocycles. The summed E-state index contributed by atoms with van der Waals surface area (Å²) in [6, 6.07) is 0. The van der Waals surface area contributed by atoms with E-state index in [-0.39, 0.29) is 0 Å². The second kappa shape index (κ2) is 8.92. The molecule has 1 aliphatic rings. The largest absolute Gasteiger partial charge is 0.381 e. The molecule has 0 bridgehead atoms.